The Bertz CT molecular complexity index is 388. The number of aliphatic hydroxyl groups is 5. The molecule has 1 aliphatic heterocycles. The van der Waals surface area contributed by atoms with Crippen molar-refractivity contribution in [2.75, 3.05) is 23.9 Å². The zero-order chi connectivity index (χ0) is 15.5. The van der Waals surface area contributed by atoms with E-state index in [-0.39, 0.29) is 17.3 Å². The van der Waals surface area contributed by atoms with E-state index in [1.54, 1.807) is 0 Å². The SMILES string of the molecule is O=S(=O)(O)O[C@H](CO)[C@@H](O)C[S+]1C[C@@H](O)C(O)[C@H](O)C1. The monoisotopic (exact) mass is 335 g/mol. The molecule has 0 unspecified atom stereocenters. The molecule has 0 bridgehead atoms. The van der Waals surface area contributed by atoms with Gasteiger partial charge in [-0.1, -0.05) is 0 Å². The third kappa shape index (κ3) is 5.42. The molecular weight excluding hydrogens is 316 g/mol. The fourth-order valence-electron chi connectivity index (χ4n) is 1.86. The molecule has 1 saturated heterocycles. The van der Waals surface area contributed by atoms with Crippen LogP contribution in [-0.4, -0.2) is 92.9 Å². The van der Waals surface area contributed by atoms with Crippen LogP contribution in [0.5, 0.6) is 0 Å². The van der Waals surface area contributed by atoms with E-state index in [0.29, 0.717) is 0 Å². The van der Waals surface area contributed by atoms with Gasteiger partial charge in [0.25, 0.3) is 0 Å². The van der Waals surface area contributed by atoms with E-state index in [4.69, 9.17) is 9.66 Å². The third-order valence-corrected chi connectivity index (χ3v) is 5.79. The van der Waals surface area contributed by atoms with Crippen LogP contribution in [0.15, 0.2) is 0 Å². The summed E-state index contributed by atoms with van der Waals surface area (Å²) in [4.78, 5) is 0. The normalized spacial score (nSPS) is 34.7. The van der Waals surface area contributed by atoms with Gasteiger partial charge in [0.15, 0.2) is 0 Å². The van der Waals surface area contributed by atoms with Crippen molar-refractivity contribution in [1.29, 1.82) is 0 Å². The van der Waals surface area contributed by atoms with E-state index < -0.39 is 58.4 Å². The molecular formula is C9H19O9S2+. The van der Waals surface area contributed by atoms with Crippen LogP contribution in [0.1, 0.15) is 0 Å². The summed E-state index contributed by atoms with van der Waals surface area (Å²) in [5.41, 5.74) is 0. The highest BCUT2D eigenvalue weighted by atomic mass is 32.3. The summed E-state index contributed by atoms with van der Waals surface area (Å²) in [5, 5.41) is 47.1. The summed E-state index contributed by atoms with van der Waals surface area (Å²) in [6, 6.07) is 0. The van der Waals surface area contributed by atoms with E-state index in [1.165, 1.54) is 0 Å². The van der Waals surface area contributed by atoms with Crippen LogP contribution in [0.4, 0.5) is 0 Å². The molecule has 0 radical (unpaired) electrons. The van der Waals surface area contributed by atoms with Crippen LogP contribution >= 0.6 is 0 Å². The second-order valence-electron chi connectivity index (χ2n) is 4.55. The number of hydrogen-bond donors (Lipinski definition) is 6. The first kappa shape index (κ1) is 18.1. The van der Waals surface area contributed by atoms with Gasteiger partial charge in [0, 0.05) is 0 Å². The Hall–Kier alpha value is 0.0200. The third-order valence-electron chi connectivity index (χ3n) is 2.86. The Labute approximate surface area is 119 Å². The van der Waals surface area contributed by atoms with E-state index in [9.17, 15) is 28.8 Å². The molecule has 1 fully saturated rings. The van der Waals surface area contributed by atoms with Crippen LogP contribution < -0.4 is 0 Å². The fraction of sp³-hybridized carbons (Fsp3) is 1.00. The smallest absolute Gasteiger partial charge is 0.394 e. The van der Waals surface area contributed by atoms with Crippen molar-refractivity contribution < 1.29 is 42.7 Å². The van der Waals surface area contributed by atoms with E-state index in [1.807, 2.05) is 0 Å². The zero-order valence-corrected chi connectivity index (χ0v) is 12.1. The van der Waals surface area contributed by atoms with Crippen LogP contribution in [0, 0.1) is 0 Å². The molecule has 1 rings (SSSR count). The van der Waals surface area contributed by atoms with Gasteiger partial charge in [-0.15, -0.1) is 0 Å². The summed E-state index contributed by atoms with van der Waals surface area (Å²) < 4.78 is 33.7. The lowest BCUT2D eigenvalue weighted by Crippen LogP contribution is -2.53. The summed E-state index contributed by atoms with van der Waals surface area (Å²) >= 11 is 0. The fourth-order valence-corrected chi connectivity index (χ4v) is 4.83. The molecule has 1 aliphatic rings. The average Bonchev–Trinajstić information content (AvgIpc) is 2.31. The lowest BCUT2D eigenvalue weighted by atomic mass is 10.1. The molecule has 4 atom stereocenters. The Morgan fingerprint density at radius 1 is 1.20 bits per heavy atom. The van der Waals surface area contributed by atoms with Gasteiger partial charge in [0.1, 0.15) is 47.8 Å². The van der Waals surface area contributed by atoms with Crippen molar-refractivity contribution in [3.8, 4) is 0 Å². The Balaban J connectivity index is 2.58. The van der Waals surface area contributed by atoms with Gasteiger partial charge in [-0.05, 0) is 10.9 Å². The number of hydrogen-bond acceptors (Lipinski definition) is 8. The van der Waals surface area contributed by atoms with Gasteiger partial charge in [-0.2, -0.15) is 8.42 Å². The number of rotatable bonds is 6. The molecule has 0 amide bonds. The Morgan fingerprint density at radius 2 is 1.70 bits per heavy atom. The summed E-state index contributed by atoms with van der Waals surface area (Å²) in [7, 11) is -5.49. The highest BCUT2D eigenvalue weighted by Gasteiger charge is 2.43. The van der Waals surface area contributed by atoms with Gasteiger partial charge in [-0.3, -0.25) is 4.55 Å². The minimum absolute atomic E-state index is 0.0401. The first-order chi connectivity index (χ1) is 9.14. The maximum absolute atomic E-state index is 10.5. The number of aliphatic hydroxyl groups excluding tert-OH is 5. The molecule has 0 saturated carbocycles. The van der Waals surface area contributed by atoms with Crippen LogP contribution in [-0.2, 0) is 25.5 Å². The maximum atomic E-state index is 10.5. The largest absolute Gasteiger partial charge is 0.397 e. The van der Waals surface area contributed by atoms with Gasteiger partial charge < -0.3 is 25.5 Å². The van der Waals surface area contributed by atoms with Gasteiger partial charge >= 0.3 is 10.4 Å². The van der Waals surface area contributed by atoms with Crippen molar-refractivity contribution in [3.63, 3.8) is 0 Å². The summed E-state index contributed by atoms with van der Waals surface area (Å²) in [6.45, 7) is -0.827. The van der Waals surface area contributed by atoms with Crippen LogP contribution in [0.2, 0.25) is 0 Å². The highest BCUT2D eigenvalue weighted by molar-refractivity contribution is 7.97. The van der Waals surface area contributed by atoms with Crippen molar-refractivity contribution in [2.45, 2.75) is 30.5 Å². The molecule has 6 N–H and O–H groups in total. The van der Waals surface area contributed by atoms with E-state index in [2.05, 4.69) is 4.18 Å². The van der Waals surface area contributed by atoms with Gasteiger partial charge in [-0.25, -0.2) is 4.18 Å². The summed E-state index contributed by atoms with van der Waals surface area (Å²) in [6.07, 6.45) is -6.45. The zero-order valence-electron chi connectivity index (χ0n) is 10.4. The second-order valence-corrected chi connectivity index (χ2v) is 7.82. The Kier molecular flexibility index (Phi) is 6.63. The molecule has 20 heavy (non-hydrogen) atoms. The first-order valence-corrected chi connectivity index (χ1v) is 8.86. The molecule has 120 valence electrons. The maximum Gasteiger partial charge on any atom is 0.397 e. The van der Waals surface area contributed by atoms with Crippen molar-refractivity contribution in [3.05, 3.63) is 0 Å². The lowest BCUT2D eigenvalue weighted by Gasteiger charge is -2.29. The highest BCUT2D eigenvalue weighted by Crippen LogP contribution is 2.18. The quantitative estimate of drug-likeness (QED) is 0.211. The lowest BCUT2D eigenvalue weighted by molar-refractivity contribution is -0.0456. The Morgan fingerprint density at radius 3 is 2.10 bits per heavy atom. The van der Waals surface area contributed by atoms with Gasteiger partial charge in [0.05, 0.1) is 6.61 Å². The van der Waals surface area contributed by atoms with Crippen molar-refractivity contribution in [1.82, 2.24) is 0 Å². The molecule has 0 spiro atoms. The first-order valence-electron chi connectivity index (χ1n) is 5.77. The minimum atomic E-state index is -4.81. The predicted octanol–water partition coefficient (Wildman–Crippen LogP) is -3.76. The predicted molar refractivity (Wildman–Crippen MR) is 69.5 cm³/mol. The van der Waals surface area contributed by atoms with E-state index >= 15 is 0 Å². The van der Waals surface area contributed by atoms with Crippen LogP contribution in [0.3, 0.4) is 0 Å². The average molecular weight is 335 g/mol. The molecule has 0 aromatic carbocycles. The van der Waals surface area contributed by atoms with Crippen molar-refractivity contribution in [2.24, 2.45) is 0 Å². The van der Waals surface area contributed by atoms with Crippen molar-refractivity contribution >= 4 is 21.3 Å². The molecule has 11 heteroatoms. The van der Waals surface area contributed by atoms with Crippen LogP contribution in [0.25, 0.3) is 0 Å². The summed E-state index contributed by atoms with van der Waals surface area (Å²) in [5.74, 6) is 0.236. The molecule has 0 aromatic rings. The minimum Gasteiger partial charge on any atom is -0.394 e. The topological polar surface area (TPSA) is 165 Å². The molecule has 1 heterocycles. The van der Waals surface area contributed by atoms with E-state index in [0.717, 1.165) is 0 Å². The van der Waals surface area contributed by atoms with Gasteiger partial charge in [0.2, 0.25) is 0 Å². The molecule has 9 nitrogen and oxygen atoms in total. The molecule has 0 aliphatic carbocycles. The standard InChI is InChI=1S/C9H18O9S2/c10-1-8(18-20(15,16)17)5(11)2-19-3-6(12)9(14)7(13)4-19/h5-14H,1-4H2/p+1/t5-,6+,7+,8+,9?,19?/m0/s1. The molecule has 0 aromatic heterocycles. The second kappa shape index (κ2) is 7.33.